The van der Waals surface area contributed by atoms with E-state index in [4.69, 9.17) is 23.2 Å². The minimum absolute atomic E-state index is 0.0439. The number of benzene rings is 1. The standard InChI is InChI=1S/C16H12Cl2N2O2S2/c17-13-3-4-14(18)15(8-13)24(21,22)20-9-11-2-1-6-19-16(11)12-5-7-23-10-12/h1-8,10,20H,9H2. The highest BCUT2D eigenvalue weighted by atomic mass is 35.5. The first-order valence-electron chi connectivity index (χ1n) is 6.88. The Bertz CT molecular complexity index is 958. The molecule has 0 atom stereocenters. The predicted molar refractivity (Wildman–Crippen MR) is 98.0 cm³/mol. The van der Waals surface area contributed by atoms with Gasteiger partial charge in [-0.25, -0.2) is 13.1 Å². The van der Waals surface area contributed by atoms with Crippen LogP contribution in [0.3, 0.4) is 0 Å². The zero-order chi connectivity index (χ0) is 17.2. The fraction of sp³-hybridized carbons (Fsp3) is 0.0625. The lowest BCUT2D eigenvalue weighted by molar-refractivity contribution is 0.581. The van der Waals surface area contributed by atoms with Gasteiger partial charge in [-0.05, 0) is 41.3 Å². The Morgan fingerprint density at radius 3 is 2.75 bits per heavy atom. The molecule has 0 fully saturated rings. The summed E-state index contributed by atoms with van der Waals surface area (Å²) < 4.78 is 27.6. The molecule has 24 heavy (non-hydrogen) atoms. The highest BCUT2D eigenvalue weighted by molar-refractivity contribution is 7.89. The number of aromatic nitrogens is 1. The average Bonchev–Trinajstić information content (AvgIpc) is 3.10. The molecular formula is C16H12Cl2N2O2S2. The van der Waals surface area contributed by atoms with Crippen molar-refractivity contribution in [1.82, 2.24) is 9.71 Å². The number of pyridine rings is 1. The van der Waals surface area contributed by atoms with E-state index < -0.39 is 10.0 Å². The Balaban J connectivity index is 1.87. The van der Waals surface area contributed by atoms with Gasteiger partial charge in [-0.15, -0.1) is 0 Å². The van der Waals surface area contributed by atoms with Crippen LogP contribution in [0.4, 0.5) is 0 Å². The Morgan fingerprint density at radius 2 is 2.00 bits per heavy atom. The van der Waals surface area contributed by atoms with E-state index in [2.05, 4.69) is 9.71 Å². The fourth-order valence-corrected chi connectivity index (χ4v) is 4.58. The average molecular weight is 399 g/mol. The quantitative estimate of drug-likeness (QED) is 0.683. The van der Waals surface area contributed by atoms with Crippen LogP contribution >= 0.6 is 34.5 Å². The van der Waals surface area contributed by atoms with Crippen LogP contribution in [0, 0.1) is 0 Å². The third-order valence-corrected chi connectivity index (χ3v) is 6.12. The van der Waals surface area contributed by atoms with Crippen LogP contribution in [0.5, 0.6) is 0 Å². The molecule has 0 aliphatic rings. The van der Waals surface area contributed by atoms with Crippen LogP contribution in [0.25, 0.3) is 11.3 Å². The molecule has 8 heteroatoms. The molecule has 0 aliphatic heterocycles. The maximum absolute atomic E-state index is 12.5. The highest BCUT2D eigenvalue weighted by Crippen LogP contribution is 2.26. The molecule has 0 saturated carbocycles. The van der Waals surface area contributed by atoms with Gasteiger partial charge in [-0.1, -0.05) is 29.3 Å². The zero-order valence-corrected chi connectivity index (χ0v) is 15.4. The van der Waals surface area contributed by atoms with E-state index in [0.29, 0.717) is 5.02 Å². The van der Waals surface area contributed by atoms with E-state index in [-0.39, 0.29) is 16.5 Å². The molecule has 2 heterocycles. The topological polar surface area (TPSA) is 59.1 Å². The molecule has 0 saturated heterocycles. The monoisotopic (exact) mass is 398 g/mol. The van der Waals surface area contributed by atoms with Crippen molar-refractivity contribution in [3.05, 3.63) is 69.0 Å². The zero-order valence-electron chi connectivity index (χ0n) is 12.2. The molecule has 1 N–H and O–H groups in total. The molecule has 4 nitrogen and oxygen atoms in total. The second-order valence-corrected chi connectivity index (χ2v) is 8.28. The molecule has 2 aromatic heterocycles. The van der Waals surface area contributed by atoms with Crippen molar-refractivity contribution >= 4 is 44.6 Å². The summed E-state index contributed by atoms with van der Waals surface area (Å²) in [6.07, 6.45) is 1.68. The van der Waals surface area contributed by atoms with E-state index in [1.54, 1.807) is 29.7 Å². The second-order valence-electron chi connectivity index (χ2n) is 4.92. The molecule has 0 amide bonds. The van der Waals surface area contributed by atoms with Crippen LogP contribution in [-0.2, 0) is 16.6 Å². The third kappa shape index (κ3) is 3.79. The van der Waals surface area contributed by atoms with Gasteiger partial charge in [0.05, 0.1) is 10.7 Å². The van der Waals surface area contributed by atoms with E-state index in [0.717, 1.165) is 16.8 Å². The van der Waals surface area contributed by atoms with E-state index in [1.165, 1.54) is 12.1 Å². The number of sulfonamides is 1. The van der Waals surface area contributed by atoms with Gasteiger partial charge in [0.15, 0.2) is 0 Å². The maximum atomic E-state index is 12.5. The molecule has 0 unspecified atom stereocenters. The van der Waals surface area contributed by atoms with Gasteiger partial charge in [0.25, 0.3) is 0 Å². The predicted octanol–water partition coefficient (Wildman–Crippen LogP) is 4.60. The Kier molecular flexibility index (Phi) is 5.22. The van der Waals surface area contributed by atoms with E-state index in [1.807, 2.05) is 22.9 Å². The summed E-state index contributed by atoms with van der Waals surface area (Å²) in [6.45, 7) is 0.101. The summed E-state index contributed by atoms with van der Waals surface area (Å²) in [5.41, 5.74) is 2.48. The molecule has 1 aromatic carbocycles. The molecule has 3 aromatic rings. The summed E-state index contributed by atoms with van der Waals surface area (Å²) in [7, 11) is -3.79. The lowest BCUT2D eigenvalue weighted by atomic mass is 10.1. The molecule has 0 radical (unpaired) electrons. The molecule has 3 rings (SSSR count). The largest absolute Gasteiger partial charge is 0.256 e. The number of hydrogen-bond acceptors (Lipinski definition) is 4. The van der Waals surface area contributed by atoms with Gasteiger partial charge in [0, 0.05) is 28.7 Å². The van der Waals surface area contributed by atoms with Crippen LogP contribution in [0.2, 0.25) is 10.0 Å². The van der Waals surface area contributed by atoms with Crippen molar-refractivity contribution in [2.75, 3.05) is 0 Å². The van der Waals surface area contributed by atoms with Crippen molar-refractivity contribution in [3.8, 4) is 11.3 Å². The number of halogens is 2. The van der Waals surface area contributed by atoms with Gasteiger partial charge in [0.1, 0.15) is 4.90 Å². The van der Waals surface area contributed by atoms with Gasteiger partial charge in [-0.2, -0.15) is 11.3 Å². The van der Waals surface area contributed by atoms with Gasteiger partial charge >= 0.3 is 0 Å². The first-order chi connectivity index (χ1) is 11.5. The lowest BCUT2D eigenvalue weighted by Crippen LogP contribution is -2.24. The van der Waals surface area contributed by atoms with Crippen molar-refractivity contribution in [3.63, 3.8) is 0 Å². The molecular weight excluding hydrogens is 387 g/mol. The summed E-state index contributed by atoms with van der Waals surface area (Å²) in [5, 5.41) is 4.34. The van der Waals surface area contributed by atoms with E-state index in [9.17, 15) is 8.42 Å². The number of rotatable bonds is 5. The van der Waals surface area contributed by atoms with Crippen LogP contribution in [-0.4, -0.2) is 13.4 Å². The SMILES string of the molecule is O=S(=O)(NCc1cccnc1-c1ccsc1)c1cc(Cl)ccc1Cl. The molecule has 0 bridgehead atoms. The normalized spacial score (nSPS) is 11.6. The van der Waals surface area contributed by atoms with Gasteiger partial charge < -0.3 is 0 Å². The van der Waals surface area contributed by atoms with E-state index >= 15 is 0 Å². The van der Waals surface area contributed by atoms with Crippen molar-refractivity contribution in [2.45, 2.75) is 11.4 Å². The third-order valence-electron chi connectivity index (χ3n) is 3.32. The lowest BCUT2D eigenvalue weighted by Gasteiger charge is -2.11. The molecule has 0 spiro atoms. The molecule has 0 aliphatic carbocycles. The van der Waals surface area contributed by atoms with Crippen molar-refractivity contribution < 1.29 is 8.42 Å². The first-order valence-corrected chi connectivity index (χ1v) is 10.1. The maximum Gasteiger partial charge on any atom is 0.242 e. The van der Waals surface area contributed by atoms with Gasteiger partial charge in [0.2, 0.25) is 10.0 Å². The fourth-order valence-electron chi connectivity index (χ4n) is 2.17. The van der Waals surface area contributed by atoms with Crippen LogP contribution in [0.1, 0.15) is 5.56 Å². The smallest absolute Gasteiger partial charge is 0.242 e. The van der Waals surface area contributed by atoms with Crippen molar-refractivity contribution in [1.29, 1.82) is 0 Å². The second kappa shape index (κ2) is 7.21. The Hall–Kier alpha value is -1.44. The van der Waals surface area contributed by atoms with Crippen LogP contribution in [0.15, 0.2) is 58.3 Å². The minimum atomic E-state index is -3.79. The number of nitrogens with one attached hydrogen (secondary N) is 1. The summed E-state index contributed by atoms with van der Waals surface area (Å²) in [4.78, 5) is 4.31. The summed E-state index contributed by atoms with van der Waals surface area (Å²) in [5.74, 6) is 0. The molecule has 124 valence electrons. The summed E-state index contributed by atoms with van der Waals surface area (Å²) >= 11 is 13.4. The number of nitrogens with zero attached hydrogens (tertiary/aromatic N) is 1. The van der Waals surface area contributed by atoms with Gasteiger partial charge in [-0.3, -0.25) is 4.98 Å². The highest BCUT2D eigenvalue weighted by Gasteiger charge is 2.19. The Labute approximate surface area is 154 Å². The first kappa shape index (κ1) is 17.4. The minimum Gasteiger partial charge on any atom is -0.256 e. The van der Waals surface area contributed by atoms with Crippen LogP contribution < -0.4 is 4.72 Å². The Morgan fingerprint density at radius 1 is 1.17 bits per heavy atom. The van der Waals surface area contributed by atoms with Crippen molar-refractivity contribution in [2.24, 2.45) is 0 Å². The number of thiophene rings is 1. The summed E-state index contributed by atoms with van der Waals surface area (Å²) in [6, 6.07) is 9.88. The number of hydrogen-bond donors (Lipinski definition) is 1.